The van der Waals surface area contributed by atoms with E-state index in [0.717, 1.165) is 0 Å². The van der Waals surface area contributed by atoms with Gasteiger partial charge in [-0.3, -0.25) is 4.68 Å². The van der Waals surface area contributed by atoms with Crippen LogP contribution in [0.15, 0.2) is 12.4 Å². The molecule has 2 heterocycles. The number of hydrogen-bond donors (Lipinski definition) is 3. The fourth-order valence-electron chi connectivity index (χ4n) is 1.86. The summed E-state index contributed by atoms with van der Waals surface area (Å²) in [6.07, 6.45) is 2.71. The summed E-state index contributed by atoms with van der Waals surface area (Å²) in [6, 6.07) is 0. The Balaban J connectivity index is 2.36. The fraction of sp³-hybridized carbons (Fsp3) is 0.364. The molecule has 3 N–H and O–H groups in total. The first-order valence-electron chi connectivity index (χ1n) is 6.05. The van der Waals surface area contributed by atoms with Crippen LogP contribution in [0.4, 0.5) is 5.69 Å². The summed E-state index contributed by atoms with van der Waals surface area (Å²) in [5.41, 5.74) is 0.795. The first-order valence-corrected chi connectivity index (χ1v) is 7.70. The van der Waals surface area contributed by atoms with Crippen molar-refractivity contribution in [2.45, 2.75) is 0 Å². The van der Waals surface area contributed by atoms with Crippen LogP contribution in [0.3, 0.4) is 0 Å². The number of anilines is 1. The number of fused-ring (bicyclic) bond motifs is 1. The number of hydrogen-bond acceptors (Lipinski definition) is 6. The molecule has 0 spiro atoms. The number of carboxylic acids is 1. The van der Waals surface area contributed by atoms with E-state index in [4.69, 9.17) is 0 Å². The summed E-state index contributed by atoms with van der Waals surface area (Å²) in [4.78, 5) is 15.3. The lowest BCUT2D eigenvalue weighted by Crippen LogP contribution is -2.26. The number of aromatic carboxylic acids is 1. The van der Waals surface area contributed by atoms with E-state index in [1.54, 1.807) is 7.05 Å². The molecule has 10 heteroatoms. The molecule has 0 amide bonds. The van der Waals surface area contributed by atoms with Crippen molar-refractivity contribution >= 4 is 32.7 Å². The van der Waals surface area contributed by atoms with Gasteiger partial charge < -0.3 is 10.4 Å². The number of sulfonamides is 1. The molecule has 0 saturated carbocycles. The van der Waals surface area contributed by atoms with Gasteiger partial charge in [-0.1, -0.05) is 0 Å². The number of carbonyl (C=O) groups is 1. The van der Waals surface area contributed by atoms with Gasteiger partial charge >= 0.3 is 5.97 Å². The average molecular weight is 313 g/mol. The lowest BCUT2D eigenvalue weighted by atomic mass is 10.2. The molecule has 21 heavy (non-hydrogen) atoms. The standard InChI is InChI=1S/C11H15N5O4S/c1-12-21(19,20)4-3-13-9-7-6-15-16(2)10(7)14-5-8(9)11(17)18/h5-6,12H,3-4H2,1-2H3,(H,13,14)(H,17,18). The van der Waals surface area contributed by atoms with Crippen LogP contribution in [0.5, 0.6) is 0 Å². The minimum absolute atomic E-state index is 0.0302. The van der Waals surface area contributed by atoms with Gasteiger partial charge in [0, 0.05) is 19.8 Å². The molecule has 2 aromatic heterocycles. The number of aryl methyl sites for hydroxylation is 1. The zero-order valence-electron chi connectivity index (χ0n) is 11.5. The van der Waals surface area contributed by atoms with Gasteiger partial charge in [0.1, 0.15) is 5.56 Å². The van der Waals surface area contributed by atoms with Gasteiger partial charge in [-0.05, 0) is 7.05 Å². The maximum Gasteiger partial charge on any atom is 0.339 e. The van der Waals surface area contributed by atoms with Crippen LogP contribution in [0.2, 0.25) is 0 Å². The monoisotopic (exact) mass is 313 g/mol. The first-order chi connectivity index (χ1) is 9.85. The van der Waals surface area contributed by atoms with Crippen molar-refractivity contribution in [3.8, 4) is 0 Å². The molecule has 0 aliphatic rings. The quantitative estimate of drug-likeness (QED) is 0.664. The number of nitrogens with zero attached hydrogens (tertiary/aromatic N) is 3. The van der Waals surface area contributed by atoms with Crippen LogP contribution >= 0.6 is 0 Å². The van der Waals surface area contributed by atoms with E-state index in [9.17, 15) is 18.3 Å². The van der Waals surface area contributed by atoms with E-state index in [2.05, 4.69) is 20.1 Å². The van der Waals surface area contributed by atoms with Crippen molar-refractivity contribution < 1.29 is 18.3 Å². The molecule has 0 unspecified atom stereocenters. The Morgan fingerprint density at radius 3 is 2.76 bits per heavy atom. The highest BCUT2D eigenvalue weighted by atomic mass is 32.2. The molecule has 0 aromatic carbocycles. The fourth-order valence-corrected chi connectivity index (χ4v) is 2.44. The zero-order valence-corrected chi connectivity index (χ0v) is 12.3. The van der Waals surface area contributed by atoms with Crippen LogP contribution in [-0.2, 0) is 17.1 Å². The molecular formula is C11H15N5O4S. The Bertz CT molecular complexity index is 783. The zero-order chi connectivity index (χ0) is 15.6. The predicted octanol–water partition coefficient (Wildman–Crippen LogP) is -0.372. The van der Waals surface area contributed by atoms with Crippen molar-refractivity contribution in [2.75, 3.05) is 24.7 Å². The molecule has 0 atom stereocenters. The molecular weight excluding hydrogens is 298 g/mol. The third-order valence-electron chi connectivity index (χ3n) is 2.98. The van der Waals surface area contributed by atoms with Crippen LogP contribution < -0.4 is 10.0 Å². The largest absolute Gasteiger partial charge is 0.478 e. The lowest BCUT2D eigenvalue weighted by Gasteiger charge is -2.10. The average Bonchev–Trinajstić information content (AvgIpc) is 2.80. The molecule has 0 fully saturated rings. The van der Waals surface area contributed by atoms with E-state index in [1.807, 2.05) is 0 Å². The molecule has 0 radical (unpaired) electrons. The molecule has 0 aliphatic carbocycles. The highest BCUT2D eigenvalue weighted by Gasteiger charge is 2.17. The molecule has 9 nitrogen and oxygen atoms in total. The van der Waals surface area contributed by atoms with E-state index in [1.165, 1.54) is 24.1 Å². The summed E-state index contributed by atoms with van der Waals surface area (Å²) < 4.78 is 26.5. The third-order valence-corrected chi connectivity index (χ3v) is 4.34. The third kappa shape index (κ3) is 3.11. The van der Waals surface area contributed by atoms with E-state index in [0.29, 0.717) is 16.7 Å². The normalized spacial score (nSPS) is 11.7. The number of pyridine rings is 1. The number of aromatic nitrogens is 3. The maximum absolute atomic E-state index is 11.4. The van der Waals surface area contributed by atoms with Crippen molar-refractivity contribution in [1.29, 1.82) is 0 Å². The number of carboxylic acid groups (broad SMARTS) is 1. The summed E-state index contributed by atoms with van der Waals surface area (Å²) in [6.45, 7) is 0.0669. The molecule has 2 aromatic rings. The number of nitrogens with one attached hydrogen (secondary N) is 2. The van der Waals surface area contributed by atoms with Crippen LogP contribution in [-0.4, -0.2) is 53.6 Å². The summed E-state index contributed by atoms with van der Waals surface area (Å²) in [7, 11) is -0.358. The van der Waals surface area contributed by atoms with Gasteiger partial charge in [0.25, 0.3) is 0 Å². The van der Waals surface area contributed by atoms with E-state index in [-0.39, 0.29) is 17.9 Å². The van der Waals surface area contributed by atoms with Crippen molar-refractivity contribution in [1.82, 2.24) is 19.5 Å². The van der Waals surface area contributed by atoms with Crippen LogP contribution in [0.1, 0.15) is 10.4 Å². The van der Waals surface area contributed by atoms with Gasteiger partial charge in [-0.2, -0.15) is 5.10 Å². The predicted molar refractivity (Wildman–Crippen MR) is 76.8 cm³/mol. The van der Waals surface area contributed by atoms with Gasteiger partial charge in [-0.15, -0.1) is 0 Å². The summed E-state index contributed by atoms with van der Waals surface area (Å²) >= 11 is 0. The molecule has 0 bridgehead atoms. The second-order valence-electron chi connectivity index (χ2n) is 4.31. The van der Waals surface area contributed by atoms with Crippen molar-refractivity contribution in [3.63, 3.8) is 0 Å². The number of rotatable bonds is 6. The Hall–Kier alpha value is -2.20. The summed E-state index contributed by atoms with van der Waals surface area (Å²) in [5, 5.41) is 16.6. The molecule has 114 valence electrons. The minimum Gasteiger partial charge on any atom is -0.478 e. The van der Waals surface area contributed by atoms with Crippen LogP contribution in [0.25, 0.3) is 11.0 Å². The Morgan fingerprint density at radius 2 is 2.14 bits per heavy atom. The van der Waals surface area contributed by atoms with E-state index >= 15 is 0 Å². The van der Waals surface area contributed by atoms with Gasteiger partial charge in [0.2, 0.25) is 10.0 Å². The first kappa shape index (κ1) is 15.2. The van der Waals surface area contributed by atoms with Gasteiger partial charge in [0.05, 0.1) is 23.0 Å². The topological polar surface area (TPSA) is 126 Å². The molecule has 0 saturated heterocycles. The summed E-state index contributed by atoms with van der Waals surface area (Å²) in [5.74, 6) is -1.32. The van der Waals surface area contributed by atoms with Crippen molar-refractivity contribution in [3.05, 3.63) is 18.0 Å². The Kier molecular flexibility index (Phi) is 4.09. The lowest BCUT2D eigenvalue weighted by molar-refractivity contribution is 0.0697. The van der Waals surface area contributed by atoms with Gasteiger partial charge in [-0.25, -0.2) is 22.9 Å². The minimum atomic E-state index is -3.37. The van der Waals surface area contributed by atoms with Crippen molar-refractivity contribution in [2.24, 2.45) is 7.05 Å². The maximum atomic E-state index is 11.4. The highest BCUT2D eigenvalue weighted by Crippen LogP contribution is 2.25. The second-order valence-corrected chi connectivity index (χ2v) is 6.35. The SMILES string of the molecule is CNS(=O)(=O)CCNc1c(C(=O)O)cnc2c1cnn2C. The Morgan fingerprint density at radius 1 is 1.43 bits per heavy atom. The Labute approximate surface area is 121 Å². The highest BCUT2D eigenvalue weighted by molar-refractivity contribution is 7.89. The van der Waals surface area contributed by atoms with Crippen LogP contribution in [0, 0.1) is 0 Å². The van der Waals surface area contributed by atoms with E-state index < -0.39 is 16.0 Å². The second kappa shape index (κ2) is 5.66. The van der Waals surface area contributed by atoms with Gasteiger partial charge in [0.15, 0.2) is 5.65 Å². The smallest absolute Gasteiger partial charge is 0.339 e. The molecule has 2 rings (SSSR count). The molecule has 0 aliphatic heterocycles.